The van der Waals surface area contributed by atoms with Gasteiger partial charge in [-0.1, -0.05) is 27.2 Å². The molecular formula is C12H20BrN3. The van der Waals surface area contributed by atoms with Crippen molar-refractivity contribution in [3.05, 3.63) is 10.2 Å². The number of aromatic nitrogens is 2. The highest BCUT2D eigenvalue weighted by atomic mass is 79.9. The summed E-state index contributed by atoms with van der Waals surface area (Å²) in [4.78, 5) is 0. The highest BCUT2D eigenvalue weighted by Gasteiger charge is 2.26. The number of anilines is 1. The minimum Gasteiger partial charge on any atom is -0.369 e. The molecule has 0 fully saturated rings. The standard InChI is InChI=1S/C12H20BrN3/c1-4-5-9-11(13)12-14-7-6-10(8(2)3)16(12)15-9/h8,10,14H,4-7H2,1-3H3. The van der Waals surface area contributed by atoms with Crippen LogP contribution in [-0.2, 0) is 6.42 Å². The molecule has 0 saturated carbocycles. The van der Waals surface area contributed by atoms with Gasteiger partial charge < -0.3 is 5.32 Å². The summed E-state index contributed by atoms with van der Waals surface area (Å²) in [5.74, 6) is 1.82. The molecule has 1 aliphatic heterocycles. The first kappa shape index (κ1) is 12.0. The molecule has 90 valence electrons. The van der Waals surface area contributed by atoms with Gasteiger partial charge in [0.25, 0.3) is 0 Å². The third-order valence-electron chi connectivity index (χ3n) is 3.22. The van der Waals surface area contributed by atoms with Crippen molar-refractivity contribution >= 4 is 21.7 Å². The molecule has 0 aromatic carbocycles. The topological polar surface area (TPSA) is 29.9 Å². The Morgan fingerprint density at radius 2 is 2.31 bits per heavy atom. The predicted molar refractivity (Wildman–Crippen MR) is 70.9 cm³/mol. The van der Waals surface area contributed by atoms with Gasteiger partial charge in [-0.25, -0.2) is 4.68 Å². The Balaban J connectivity index is 2.37. The third kappa shape index (κ3) is 1.99. The van der Waals surface area contributed by atoms with Gasteiger partial charge in [-0.15, -0.1) is 0 Å². The molecule has 1 unspecified atom stereocenters. The third-order valence-corrected chi connectivity index (χ3v) is 4.06. The molecule has 1 atom stereocenters. The van der Waals surface area contributed by atoms with Crippen LogP contribution in [0.3, 0.4) is 0 Å². The molecule has 0 amide bonds. The van der Waals surface area contributed by atoms with Crippen LogP contribution in [0.1, 0.15) is 45.3 Å². The molecular weight excluding hydrogens is 266 g/mol. The number of halogens is 1. The zero-order valence-electron chi connectivity index (χ0n) is 10.3. The molecule has 0 spiro atoms. The molecule has 1 aliphatic rings. The van der Waals surface area contributed by atoms with Gasteiger partial charge in [0.2, 0.25) is 0 Å². The largest absolute Gasteiger partial charge is 0.369 e. The summed E-state index contributed by atoms with van der Waals surface area (Å²) < 4.78 is 3.35. The Kier molecular flexibility index (Phi) is 3.57. The van der Waals surface area contributed by atoms with Crippen molar-refractivity contribution in [2.75, 3.05) is 11.9 Å². The molecule has 0 aliphatic carbocycles. The number of hydrogen-bond donors (Lipinski definition) is 1. The number of hydrogen-bond acceptors (Lipinski definition) is 2. The number of rotatable bonds is 3. The van der Waals surface area contributed by atoms with Crippen LogP contribution in [0, 0.1) is 5.92 Å². The SMILES string of the molecule is CCCc1nn2c(c1Br)NCCC2C(C)C. The Labute approximate surface area is 106 Å². The van der Waals surface area contributed by atoms with Crippen molar-refractivity contribution in [1.82, 2.24) is 9.78 Å². The molecule has 0 radical (unpaired) electrons. The van der Waals surface area contributed by atoms with Gasteiger partial charge in [-0.2, -0.15) is 5.10 Å². The Morgan fingerprint density at radius 3 is 2.94 bits per heavy atom. The molecule has 2 rings (SSSR count). The van der Waals surface area contributed by atoms with Crippen LogP contribution in [0.2, 0.25) is 0 Å². The van der Waals surface area contributed by atoms with Gasteiger partial charge in [0.1, 0.15) is 5.82 Å². The van der Waals surface area contributed by atoms with E-state index in [1.54, 1.807) is 0 Å². The minimum absolute atomic E-state index is 0.540. The van der Waals surface area contributed by atoms with E-state index in [0.29, 0.717) is 12.0 Å². The minimum atomic E-state index is 0.540. The summed E-state index contributed by atoms with van der Waals surface area (Å²) in [5, 5.41) is 8.20. The maximum atomic E-state index is 4.75. The molecule has 4 heteroatoms. The van der Waals surface area contributed by atoms with Crippen LogP contribution in [0.5, 0.6) is 0 Å². The van der Waals surface area contributed by atoms with Crippen LogP contribution in [0.15, 0.2) is 4.47 Å². The molecule has 0 saturated heterocycles. The van der Waals surface area contributed by atoms with Gasteiger partial charge >= 0.3 is 0 Å². The molecule has 1 aromatic heterocycles. The fourth-order valence-electron chi connectivity index (χ4n) is 2.33. The lowest BCUT2D eigenvalue weighted by atomic mass is 10.00. The monoisotopic (exact) mass is 285 g/mol. The Bertz CT molecular complexity index is 371. The van der Waals surface area contributed by atoms with E-state index in [2.05, 4.69) is 46.7 Å². The van der Waals surface area contributed by atoms with Crippen LogP contribution in [0.4, 0.5) is 5.82 Å². The summed E-state index contributed by atoms with van der Waals surface area (Å²) >= 11 is 3.67. The van der Waals surface area contributed by atoms with Crippen LogP contribution in [0.25, 0.3) is 0 Å². The predicted octanol–water partition coefficient (Wildman–Crippen LogP) is 3.61. The average Bonchev–Trinajstić information content (AvgIpc) is 2.57. The molecule has 1 N–H and O–H groups in total. The molecule has 0 bridgehead atoms. The molecule has 1 aromatic rings. The highest BCUT2D eigenvalue weighted by molar-refractivity contribution is 9.10. The van der Waals surface area contributed by atoms with Gasteiger partial charge in [-0.05, 0) is 34.7 Å². The first-order chi connectivity index (χ1) is 7.65. The van der Waals surface area contributed by atoms with Gasteiger partial charge in [0.05, 0.1) is 16.2 Å². The van der Waals surface area contributed by atoms with Gasteiger partial charge in [0.15, 0.2) is 0 Å². The maximum absolute atomic E-state index is 4.75. The van der Waals surface area contributed by atoms with E-state index in [1.807, 2.05) is 0 Å². The summed E-state index contributed by atoms with van der Waals surface area (Å²) in [6, 6.07) is 0.540. The quantitative estimate of drug-likeness (QED) is 0.920. The lowest BCUT2D eigenvalue weighted by Crippen LogP contribution is -2.27. The van der Waals surface area contributed by atoms with Crippen molar-refractivity contribution in [3.63, 3.8) is 0 Å². The van der Waals surface area contributed by atoms with Gasteiger partial charge in [0, 0.05) is 6.54 Å². The van der Waals surface area contributed by atoms with E-state index >= 15 is 0 Å². The summed E-state index contributed by atoms with van der Waals surface area (Å²) in [7, 11) is 0. The maximum Gasteiger partial charge on any atom is 0.139 e. The van der Waals surface area contributed by atoms with E-state index in [4.69, 9.17) is 5.10 Å². The van der Waals surface area contributed by atoms with Crippen molar-refractivity contribution in [2.24, 2.45) is 5.92 Å². The lowest BCUT2D eigenvalue weighted by molar-refractivity contribution is 0.321. The number of fused-ring (bicyclic) bond motifs is 1. The number of nitrogens with one attached hydrogen (secondary N) is 1. The Hall–Kier alpha value is -0.510. The summed E-state index contributed by atoms with van der Waals surface area (Å²) in [5.41, 5.74) is 1.19. The second kappa shape index (κ2) is 4.78. The van der Waals surface area contributed by atoms with Crippen LogP contribution < -0.4 is 5.32 Å². The van der Waals surface area contributed by atoms with Crippen molar-refractivity contribution in [3.8, 4) is 0 Å². The lowest BCUT2D eigenvalue weighted by Gasteiger charge is -2.28. The van der Waals surface area contributed by atoms with E-state index in [0.717, 1.165) is 19.4 Å². The van der Waals surface area contributed by atoms with Gasteiger partial charge in [-0.3, -0.25) is 0 Å². The fourth-order valence-corrected chi connectivity index (χ4v) is 2.93. The first-order valence-electron chi connectivity index (χ1n) is 6.15. The molecule has 3 nitrogen and oxygen atoms in total. The van der Waals surface area contributed by atoms with Crippen LogP contribution in [-0.4, -0.2) is 16.3 Å². The van der Waals surface area contributed by atoms with Crippen LogP contribution >= 0.6 is 15.9 Å². The zero-order chi connectivity index (χ0) is 11.7. The zero-order valence-corrected chi connectivity index (χ0v) is 11.8. The first-order valence-corrected chi connectivity index (χ1v) is 6.95. The van der Waals surface area contributed by atoms with Crippen molar-refractivity contribution < 1.29 is 0 Å². The second-order valence-electron chi connectivity index (χ2n) is 4.83. The fraction of sp³-hybridized carbons (Fsp3) is 0.750. The van der Waals surface area contributed by atoms with E-state index in [9.17, 15) is 0 Å². The van der Waals surface area contributed by atoms with E-state index < -0.39 is 0 Å². The normalized spacial score (nSPS) is 19.7. The van der Waals surface area contributed by atoms with E-state index in [-0.39, 0.29) is 0 Å². The van der Waals surface area contributed by atoms with Crippen molar-refractivity contribution in [1.29, 1.82) is 0 Å². The molecule has 2 heterocycles. The average molecular weight is 286 g/mol. The molecule has 16 heavy (non-hydrogen) atoms. The summed E-state index contributed by atoms with van der Waals surface area (Å²) in [6.07, 6.45) is 3.36. The summed E-state index contributed by atoms with van der Waals surface area (Å²) in [6.45, 7) is 7.79. The van der Waals surface area contributed by atoms with E-state index in [1.165, 1.54) is 22.4 Å². The highest BCUT2D eigenvalue weighted by Crippen LogP contribution is 2.36. The number of aryl methyl sites for hydroxylation is 1. The number of nitrogens with zero attached hydrogens (tertiary/aromatic N) is 2. The van der Waals surface area contributed by atoms with Crippen molar-refractivity contribution in [2.45, 2.75) is 46.1 Å². The second-order valence-corrected chi connectivity index (χ2v) is 5.62. The Morgan fingerprint density at radius 1 is 1.56 bits per heavy atom. The smallest absolute Gasteiger partial charge is 0.139 e.